The molecule has 2 N–H and O–H groups in total. The second-order valence-electron chi connectivity index (χ2n) is 5.69. The highest BCUT2D eigenvalue weighted by Crippen LogP contribution is 2.40. The van der Waals surface area contributed by atoms with Crippen LogP contribution in [0.25, 0.3) is 0 Å². The van der Waals surface area contributed by atoms with E-state index in [1.54, 1.807) is 31.4 Å². The summed E-state index contributed by atoms with van der Waals surface area (Å²) >= 11 is 0. The van der Waals surface area contributed by atoms with Crippen LogP contribution in [-0.4, -0.2) is 31.3 Å². The fourth-order valence-corrected chi connectivity index (χ4v) is 3.00. The van der Waals surface area contributed by atoms with Crippen LogP contribution in [0, 0.1) is 0 Å². The molecule has 0 radical (unpaired) electrons. The molecule has 0 saturated heterocycles. The fraction of sp³-hybridized carbons (Fsp3) is 0.316. The predicted octanol–water partition coefficient (Wildman–Crippen LogP) is 2.83. The first-order valence-electron chi connectivity index (χ1n) is 8.04. The average molecular weight is 327 g/mol. The average Bonchev–Trinajstić information content (AvgIpc) is 3.04. The first kappa shape index (κ1) is 16.5. The third-order valence-corrected chi connectivity index (χ3v) is 4.20. The lowest BCUT2D eigenvalue weighted by molar-refractivity contribution is 0.0944. The van der Waals surface area contributed by atoms with Gasteiger partial charge < -0.3 is 19.9 Å². The van der Waals surface area contributed by atoms with Gasteiger partial charge in [-0.15, -0.1) is 0 Å². The van der Waals surface area contributed by atoms with Crippen LogP contribution in [0.2, 0.25) is 0 Å². The van der Waals surface area contributed by atoms with Crippen molar-refractivity contribution in [2.75, 3.05) is 20.3 Å². The Balaban J connectivity index is 1.73. The molecule has 0 aromatic heterocycles. The van der Waals surface area contributed by atoms with Crippen molar-refractivity contribution < 1.29 is 19.4 Å². The van der Waals surface area contributed by atoms with Gasteiger partial charge in [0.2, 0.25) is 0 Å². The molecule has 0 fully saturated rings. The van der Waals surface area contributed by atoms with Gasteiger partial charge in [-0.25, -0.2) is 0 Å². The zero-order valence-corrected chi connectivity index (χ0v) is 13.6. The van der Waals surface area contributed by atoms with E-state index in [2.05, 4.69) is 11.4 Å². The predicted molar refractivity (Wildman–Crippen MR) is 90.4 cm³/mol. The zero-order valence-electron chi connectivity index (χ0n) is 13.6. The van der Waals surface area contributed by atoms with Gasteiger partial charge in [0, 0.05) is 24.8 Å². The second kappa shape index (κ2) is 7.47. The van der Waals surface area contributed by atoms with Gasteiger partial charge in [-0.1, -0.05) is 12.1 Å². The van der Waals surface area contributed by atoms with Gasteiger partial charge in [0.25, 0.3) is 5.91 Å². The maximum Gasteiger partial charge on any atom is 0.251 e. The number of benzene rings is 2. The van der Waals surface area contributed by atoms with Crippen molar-refractivity contribution in [1.82, 2.24) is 5.32 Å². The summed E-state index contributed by atoms with van der Waals surface area (Å²) in [6.45, 7) is 0.169. The Morgan fingerprint density at radius 3 is 2.75 bits per heavy atom. The Morgan fingerprint density at radius 1 is 1.25 bits per heavy atom. The molecule has 3 rings (SSSR count). The number of carbonyl (C=O) groups is 1. The Morgan fingerprint density at radius 2 is 2.04 bits per heavy atom. The van der Waals surface area contributed by atoms with Crippen molar-refractivity contribution in [1.29, 1.82) is 0 Å². The molecule has 0 aliphatic heterocycles. The van der Waals surface area contributed by atoms with Crippen LogP contribution in [0.15, 0.2) is 42.5 Å². The number of amides is 1. The Labute approximate surface area is 141 Å². The second-order valence-corrected chi connectivity index (χ2v) is 5.69. The first-order chi connectivity index (χ1) is 11.7. The SMILES string of the molecule is CO[C@@H]1CCc2c(Oc3ccc(C(=O)NCCO)cc3)cccc21. The monoisotopic (exact) mass is 327 g/mol. The van der Waals surface area contributed by atoms with Crippen molar-refractivity contribution in [3.05, 3.63) is 59.2 Å². The summed E-state index contributed by atoms with van der Waals surface area (Å²) in [6.07, 6.45) is 2.04. The summed E-state index contributed by atoms with van der Waals surface area (Å²) in [5.41, 5.74) is 2.91. The molecule has 5 nitrogen and oxygen atoms in total. The van der Waals surface area contributed by atoms with E-state index in [-0.39, 0.29) is 25.2 Å². The van der Waals surface area contributed by atoms with Crippen molar-refractivity contribution in [2.24, 2.45) is 0 Å². The van der Waals surface area contributed by atoms with E-state index < -0.39 is 0 Å². The molecule has 0 heterocycles. The molecule has 1 aliphatic rings. The largest absolute Gasteiger partial charge is 0.457 e. The van der Waals surface area contributed by atoms with E-state index in [1.165, 1.54) is 11.1 Å². The van der Waals surface area contributed by atoms with Gasteiger partial charge in [-0.3, -0.25) is 4.79 Å². The van der Waals surface area contributed by atoms with Crippen molar-refractivity contribution in [2.45, 2.75) is 18.9 Å². The summed E-state index contributed by atoms with van der Waals surface area (Å²) in [5.74, 6) is 1.31. The molecular formula is C19H21NO4. The Bertz CT molecular complexity index is 712. The van der Waals surface area contributed by atoms with E-state index in [0.29, 0.717) is 11.3 Å². The fourth-order valence-electron chi connectivity index (χ4n) is 3.00. The van der Waals surface area contributed by atoms with Gasteiger partial charge in [0.05, 0.1) is 12.7 Å². The number of aliphatic hydroxyl groups is 1. The van der Waals surface area contributed by atoms with Gasteiger partial charge >= 0.3 is 0 Å². The quantitative estimate of drug-likeness (QED) is 0.856. The van der Waals surface area contributed by atoms with E-state index >= 15 is 0 Å². The molecular weight excluding hydrogens is 306 g/mol. The smallest absolute Gasteiger partial charge is 0.251 e. The van der Waals surface area contributed by atoms with Crippen LogP contribution in [0.5, 0.6) is 11.5 Å². The van der Waals surface area contributed by atoms with Crippen molar-refractivity contribution in [3.63, 3.8) is 0 Å². The number of hydrogen-bond donors (Lipinski definition) is 2. The summed E-state index contributed by atoms with van der Waals surface area (Å²) in [5, 5.41) is 11.4. The molecule has 1 amide bonds. The van der Waals surface area contributed by atoms with Crippen LogP contribution >= 0.6 is 0 Å². The van der Waals surface area contributed by atoms with E-state index in [1.807, 2.05) is 12.1 Å². The topological polar surface area (TPSA) is 67.8 Å². The minimum Gasteiger partial charge on any atom is -0.457 e. The van der Waals surface area contributed by atoms with Crippen LogP contribution in [0.3, 0.4) is 0 Å². The number of nitrogens with one attached hydrogen (secondary N) is 1. The highest BCUT2D eigenvalue weighted by molar-refractivity contribution is 5.94. The third-order valence-electron chi connectivity index (χ3n) is 4.20. The van der Waals surface area contributed by atoms with Gasteiger partial charge in [-0.05, 0) is 48.7 Å². The van der Waals surface area contributed by atoms with Crippen LogP contribution in [0.4, 0.5) is 0 Å². The van der Waals surface area contributed by atoms with E-state index in [4.69, 9.17) is 14.6 Å². The Hall–Kier alpha value is -2.37. The molecule has 0 saturated carbocycles. The lowest BCUT2D eigenvalue weighted by Gasteiger charge is -2.13. The summed E-state index contributed by atoms with van der Waals surface area (Å²) in [4.78, 5) is 11.8. The molecule has 1 aliphatic carbocycles. The number of carbonyl (C=O) groups excluding carboxylic acids is 1. The standard InChI is InChI=1S/C19H21NO4/c1-23-17-10-9-16-15(17)3-2-4-18(16)24-14-7-5-13(6-8-14)19(22)20-11-12-21/h2-8,17,21H,9-12H2,1H3,(H,20,22)/t17-/m1/s1. The van der Waals surface area contributed by atoms with Crippen molar-refractivity contribution in [3.8, 4) is 11.5 Å². The van der Waals surface area contributed by atoms with Gasteiger partial charge in [0.1, 0.15) is 11.5 Å². The molecule has 126 valence electrons. The molecule has 24 heavy (non-hydrogen) atoms. The molecule has 2 aromatic rings. The molecule has 0 spiro atoms. The number of fused-ring (bicyclic) bond motifs is 1. The van der Waals surface area contributed by atoms with Crippen LogP contribution < -0.4 is 10.1 Å². The highest BCUT2D eigenvalue weighted by Gasteiger charge is 2.25. The number of rotatable bonds is 6. The number of hydrogen-bond acceptors (Lipinski definition) is 4. The maximum atomic E-state index is 11.8. The lowest BCUT2D eigenvalue weighted by Crippen LogP contribution is -2.26. The summed E-state index contributed by atoms with van der Waals surface area (Å²) in [6, 6.07) is 13.0. The number of methoxy groups -OCH3 is 1. The normalized spacial score (nSPS) is 15.8. The number of aliphatic hydroxyl groups excluding tert-OH is 1. The first-order valence-corrected chi connectivity index (χ1v) is 8.04. The minimum absolute atomic E-state index is 0.0749. The third kappa shape index (κ3) is 3.42. The lowest BCUT2D eigenvalue weighted by atomic mass is 10.1. The minimum atomic E-state index is -0.209. The maximum absolute atomic E-state index is 11.8. The van der Waals surface area contributed by atoms with Crippen LogP contribution in [-0.2, 0) is 11.2 Å². The highest BCUT2D eigenvalue weighted by atomic mass is 16.5. The molecule has 5 heteroatoms. The zero-order chi connectivity index (χ0) is 16.9. The summed E-state index contributed by atoms with van der Waals surface area (Å²) in [7, 11) is 1.73. The van der Waals surface area contributed by atoms with E-state index in [0.717, 1.165) is 18.6 Å². The van der Waals surface area contributed by atoms with Gasteiger partial charge in [0.15, 0.2) is 0 Å². The molecule has 0 unspecified atom stereocenters. The van der Waals surface area contributed by atoms with Gasteiger partial charge in [-0.2, -0.15) is 0 Å². The van der Waals surface area contributed by atoms with E-state index in [9.17, 15) is 4.79 Å². The molecule has 1 atom stereocenters. The van der Waals surface area contributed by atoms with Crippen molar-refractivity contribution >= 4 is 5.91 Å². The molecule has 2 aromatic carbocycles. The van der Waals surface area contributed by atoms with Crippen LogP contribution in [0.1, 0.15) is 34.0 Å². The Kier molecular flexibility index (Phi) is 5.13. The molecule has 0 bridgehead atoms. The number of ether oxygens (including phenoxy) is 2. The summed E-state index contributed by atoms with van der Waals surface area (Å²) < 4.78 is 11.5.